The highest BCUT2D eigenvalue weighted by Gasteiger charge is 2.53. The number of hydrogen-bond donors (Lipinski definition) is 1. The Morgan fingerprint density at radius 1 is 1.31 bits per heavy atom. The molecule has 0 saturated carbocycles. The molecule has 156 valence electrons. The van der Waals surface area contributed by atoms with Gasteiger partial charge < -0.3 is 19.5 Å². The lowest BCUT2D eigenvalue weighted by Gasteiger charge is -2.52. The molecule has 2 amide bonds. The Morgan fingerprint density at radius 3 is 2.79 bits per heavy atom. The van der Waals surface area contributed by atoms with Crippen LogP contribution in [-0.4, -0.2) is 77.5 Å². The maximum atomic E-state index is 12.9. The zero-order chi connectivity index (χ0) is 20.6. The van der Waals surface area contributed by atoms with Gasteiger partial charge in [0.05, 0.1) is 42.8 Å². The molecule has 1 atom stereocenters. The number of benzene rings is 1. The van der Waals surface area contributed by atoms with Crippen molar-refractivity contribution in [2.45, 2.75) is 30.7 Å². The fraction of sp³-hybridized carbons (Fsp3) is 0.526. The number of carbonyl (C=O) groups is 2. The molecule has 2 aliphatic rings. The van der Waals surface area contributed by atoms with Crippen LogP contribution >= 0.6 is 0 Å². The molecule has 1 aromatic carbocycles. The average Bonchev–Trinajstić information content (AvgIpc) is 3.04. The molecule has 0 unspecified atom stereocenters. The van der Waals surface area contributed by atoms with Crippen LogP contribution in [0, 0.1) is 0 Å². The Kier molecular flexibility index (Phi) is 5.07. The molecular weight excluding hydrogens is 396 g/mol. The largest absolute Gasteiger partial charge is 0.369 e. The standard InChI is InChI=1S/C19H24N4O5S/c1-14(24)20-7-6-18(25)23-10-19(11-23)12-29(26,27)15(9-28-19)8-22-13-21-16-4-2-3-5-17(16)22/h2-5,13,15H,6-12H2,1H3,(H,20,24)/t15-/m0/s1. The van der Waals surface area contributed by atoms with E-state index in [1.165, 1.54) is 6.92 Å². The Labute approximate surface area is 168 Å². The van der Waals surface area contributed by atoms with Crippen LogP contribution in [-0.2, 0) is 30.7 Å². The monoisotopic (exact) mass is 420 g/mol. The summed E-state index contributed by atoms with van der Waals surface area (Å²) in [5, 5.41) is 1.94. The molecular formula is C19H24N4O5S. The lowest BCUT2D eigenvalue weighted by molar-refractivity contribution is -0.165. The van der Waals surface area contributed by atoms with E-state index in [1.807, 2.05) is 28.8 Å². The lowest BCUT2D eigenvalue weighted by atomic mass is 9.95. The number of rotatable bonds is 5. The van der Waals surface area contributed by atoms with Crippen LogP contribution in [0.4, 0.5) is 0 Å². The lowest BCUT2D eigenvalue weighted by Crippen LogP contribution is -2.70. The first-order valence-electron chi connectivity index (χ1n) is 9.56. The van der Waals surface area contributed by atoms with Crippen LogP contribution < -0.4 is 5.32 Å². The van der Waals surface area contributed by atoms with Gasteiger partial charge in [-0.05, 0) is 12.1 Å². The highest BCUT2D eigenvalue weighted by molar-refractivity contribution is 7.92. The fourth-order valence-corrected chi connectivity index (χ4v) is 5.85. The van der Waals surface area contributed by atoms with Gasteiger partial charge in [0, 0.05) is 26.4 Å². The van der Waals surface area contributed by atoms with Gasteiger partial charge in [0.25, 0.3) is 0 Å². The van der Waals surface area contributed by atoms with Crippen molar-refractivity contribution in [1.29, 1.82) is 0 Å². The van der Waals surface area contributed by atoms with Gasteiger partial charge in [-0.3, -0.25) is 9.59 Å². The van der Waals surface area contributed by atoms with E-state index in [2.05, 4.69) is 10.3 Å². The summed E-state index contributed by atoms with van der Waals surface area (Å²) >= 11 is 0. The number of imidazole rings is 1. The SMILES string of the molecule is CC(=O)NCCC(=O)N1CC2(C1)CS(=O)(=O)[C@@H](Cn1cnc3ccccc31)CO2. The molecule has 2 aliphatic heterocycles. The predicted octanol–water partition coefficient (Wildman–Crippen LogP) is -0.0429. The quantitative estimate of drug-likeness (QED) is 0.727. The number of fused-ring (bicyclic) bond motifs is 1. The zero-order valence-electron chi connectivity index (χ0n) is 16.2. The number of nitrogens with zero attached hydrogens (tertiary/aromatic N) is 3. The molecule has 1 N–H and O–H groups in total. The Hall–Kier alpha value is -2.46. The number of aromatic nitrogens is 2. The minimum Gasteiger partial charge on any atom is -0.369 e. The molecule has 9 nitrogen and oxygen atoms in total. The third-order valence-electron chi connectivity index (χ3n) is 5.50. The highest BCUT2D eigenvalue weighted by Crippen LogP contribution is 2.33. The molecule has 0 radical (unpaired) electrons. The molecule has 1 spiro atoms. The van der Waals surface area contributed by atoms with Crippen LogP contribution in [0.15, 0.2) is 30.6 Å². The van der Waals surface area contributed by atoms with Gasteiger partial charge >= 0.3 is 0 Å². The van der Waals surface area contributed by atoms with E-state index in [0.717, 1.165) is 11.0 Å². The van der Waals surface area contributed by atoms with Crippen LogP contribution in [0.3, 0.4) is 0 Å². The van der Waals surface area contributed by atoms with E-state index in [1.54, 1.807) is 11.2 Å². The van der Waals surface area contributed by atoms with Crippen molar-refractivity contribution in [2.24, 2.45) is 0 Å². The Morgan fingerprint density at radius 2 is 2.07 bits per heavy atom. The van der Waals surface area contributed by atoms with Gasteiger partial charge in [-0.15, -0.1) is 0 Å². The maximum absolute atomic E-state index is 12.9. The molecule has 0 bridgehead atoms. The van der Waals surface area contributed by atoms with E-state index in [0.29, 0.717) is 0 Å². The number of carbonyl (C=O) groups excluding carboxylic acids is 2. The minimum atomic E-state index is -3.38. The zero-order valence-corrected chi connectivity index (χ0v) is 17.0. The number of hydrogen-bond acceptors (Lipinski definition) is 6. The van der Waals surface area contributed by atoms with Crippen molar-refractivity contribution in [2.75, 3.05) is 32.0 Å². The first kappa shape index (κ1) is 19.8. The van der Waals surface area contributed by atoms with Gasteiger partial charge in [-0.2, -0.15) is 0 Å². The van der Waals surface area contributed by atoms with Crippen LogP contribution in [0.1, 0.15) is 13.3 Å². The van der Waals surface area contributed by atoms with E-state index >= 15 is 0 Å². The van der Waals surface area contributed by atoms with Crippen molar-refractivity contribution < 1.29 is 22.7 Å². The molecule has 2 aromatic rings. The van der Waals surface area contributed by atoms with Crippen molar-refractivity contribution in [1.82, 2.24) is 19.8 Å². The van der Waals surface area contributed by atoms with Crippen molar-refractivity contribution in [3.05, 3.63) is 30.6 Å². The summed E-state index contributed by atoms with van der Waals surface area (Å²) in [6, 6.07) is 7.59. The van der Waals surface area contributed by atoms with E-state index in [-0.39, 0.29) is 56.8 Å². The molecule has 3 heterocycles. The van der Waals surface area contributed by atoms with Crippen molar-refractivity contribution in [3.63, 3.8) is 0 Å². The number of ether oxygens (including phenoxy) is 1. The van der Waals surface area contributed by atoms with E-state index < -0.39 is 20.7 Å². The molecule has 0 aliphatic carbocycles. The molecule has 29 heavy (non-hydrogen) atoms. The summed E-state index contributed by atoms with van der Waals surface area (Å²) < 4.78 is 33.6. The predicted molar refractivity (Wildman–Crippen MR) is 106 cm³/mol. The summed E-state index contributed by atoms with van der Waals surface area (Å²) in [5.74, 6) is -0.388. The Balaban J connectivity index is 1.35. The van der Waals surface area contributed by atoms with Crippen LogP contribution in [0.25, 0.3) is 11.0 Å². The summed E-state index contributed by atoms with van der Waals surface area (Å²) in [5.41, 5.74) is 0.906. The van der Waals surface area contributed by atoms with Gasteiger partial charge in [-0.25, -0.2) is 13.4 Å². The average molecular weight is 420 g/mol. The van der Waals surface area contributed by atoms with Gasteiger partial charge in [0.1, 0.15) is 10.9 Å². The van der Waals surface area contributed by atoms with Crippen molar-refractivity contribution >= 4 is 32.7 Å². The number of likely N-dealkylation sites (tertiary alicyclic amines) is 1. The summed E-state index contributed by atoms with van der Waals surface area (Å²) in [7, 11) is -3.38. The van der Waals surface area contributed by atoms with Crippen molar-refractivity contribution in [3.8, 4) is 0 Å². The van der Waals surface area contributed by atoms with Gasteiger partial charge in [0.15, 0.2) is 9.84 Å². The topological polar surface area (TPSA) is 111 Å². The van der Waals surface area contributed by atoms with Gasteiger partial charge in [0.2, 0.25) is 11.8 Å². The third kappa shape index (κ3) is 3.99. The number of sulfone groups is 1. The second-order valence-electron chi connectivity index (χ2n) is 7.79. The van der Waals surface area contributed by atoms with E-state index in [9.17, 15) is 18.0 Å². The normalized spacial score (nSPS) is 22.4. The molecule has 2 saturated heterocycles. The Bertz CT molecular complexity index is 1040. The smallest absolute Gasteiger partial charge is 0.224 e. The second-order valence-corrected chi connectivity index (χ2v) is 10.1. The fourth-order valence-electron chi connectivity index (χ4n) is 3.95. The molecule has 1 aromatic heterocycles. The molecule has 10 heteroatoms. The summed E-state index contributed by atoms with van der Waals surface area (Å²) in [4.78, 5) is 28.9. The summed E-state index contributed by atoms with van der Waals surface area (Å²) in [6.07, 6.45) is 1.85. The van der Waals surface area contributed by atoms with Crippen LogP contribution in [0.5, 0.6) is 0 Å². The minimum absolute atomic E-state index is 0.0905. The van der Waals surface area contributed by atoms with Gasteiger partial charge in [-0.1, -0.05) is 12.1 Å². The third-order valence-corrected chi connectivity index (χ3v) is 7.73. The molecule has 4 rings (SSSR count). The number of nitrogens with one attached hydrogen (secondary N) is 1. The first-order valence-corrected chi connectivity index (χ1v) is 11.3. The highest BCUT2D eigenvalue weighted by atomic mass is 32.2. The maximum Gasteiger partial charge on any atom is 0.224 e. The number of para-hydroxylation sites is 2. The molecule has 2 fully saturated rings. The second kappa shape index (κ2) is 7.42. The number of amides is 2. The first-order chi connectivity index (χ1) is 13.8. The summed E-state index contributed by atoms with van der Waals surface area (Å²) in [6.45, 7) is 2.60. The van der Waals surface area contributed by atoms with E-state index in [4.69, 9.17) is 4.74 Å². The van der Waals surface area contributed by atoms with Crippen LogP contribution in [0.2, 0.25) is 0 Å².